The summed E-state index contributed by atoms with van der Waals surface area (Å²) in [4.78, 5) is 36.1. The van der Waals surface area contributed by atoms with Crippen molar-refractivity contribution in [3.63, 3.8) is 0 Å². The molecule has 5 atom stereocenters. The van der Waals surface area contributed by atoms with Crippen LogP contribution < -0.4 is 14.2 Å². The van der Waals surface area contributed by atoms with E-state index in [-0.39, 0.29) is 84.4 Å². The van der Waals surface area contributed by atoms with Crippen molar-refractivity contribution in [2.45, 2.75) is 102 Å². The lowest BCUT2D eigenvalue weighted by atomic mass is 9.57. The van der Waals surface area contributed by atoms with Gasteiger partial charge in [0.05, 0.1) is 11.6 Å². The lowest BCUT2D eigenvalue weighted by molar-refractivity contribution is -0.275. The Hall–Kier alpha value is -5.48. The summed E-state index contributed by atoms with van der Waals surface area (Å²) in [6.07, 6.45) is -0.537. The first-order valence-corrected chi connectivity index (χ1v) is 25.4. The van der Waals surface area contributed by atoms with Gasteiger partial charge in [-0.3, -0.25) is 19.4 Å². The number of ketones is 2. The molecular formula is C51H58F3N3O8Si. The van der Waals surface area contributed by atoms with E-state index in [4.69, 9.17) is 23.2 Å². The minimum Gasteiger partial charge on any atom is -0.507 e. The van der Waals surface area contributed by atoms with Crippen LogP contribution >= 0.6 is 0 Å². The number of hydrogen-bond donors (Lipinski definition) is 1. The first-order chi connectivity index (χ1) is 31.3. The van der Waals surface area contributed by atoms with E-state index in [1.165, 1.54) is 6.07 Å². The van der Waals surface area contributed by atoms with Crippen molar-refractivity contribution in [3.8, 4) is 17.4 Å². The number of hydrogen-bond acceptors (Lipinski definition) is 11. The zero-order chi connectivity index (χ0) is 47.3. The smallest absolute Gasteiger partial charge is 0.507 e. The largest absolute Gasteiger partial charge is 0.573 e. The molecule has 4 aliphatic rings. The molecule has 15 heteroatoms. The average Bonchev–Trinajstić information content (AvgIpc) is 3.89. The van der Waals surface area contributed by atoms with Gasteiger partial charge < -0.3 is 28.3 Å². The molecule has 1 unspecified atom stereocenters. The number of fused-ring (bicyclic) bond motifs is 4. The molecule has 0 spiro atoms. The lowest BCUT2D eigenvalue weighted by Gasteiger charge is -2.55. The first kappa shape index (κ1) is 47.0. The second-order valence-corrected chi connectivity index (χ2v) is 24.1. The molecule has 0 bridgehead atoms. The van der Waals surface area contributed by atoms with Gasteiger partial charge in [-0.15, -0.1) is 26.3 Å². The summed E-state index contributed by atoms with van der Waals surface area (Å²) in [5, 5.41) is 16.6. The van der Waals surface area contributed by atoms with Crippen LogP contribution in [-0.4, -0.2) is 78.6 Å². The second kappa shape index (κ2) is 18.0. The van der Waals surface area contributed by atoms with E-state index in [0.29, 0.717) is 13.0 Å². The standard InChI is InChI=1S/C51H58F3N3O8Si/c1-9-23-57(24-10-2)42-36-27-33-26-35-40(38(61-29-31-18-13-11-14-19-31)28-34(37-22-17-25-56(37)6)44(35)63-51(52,53)54)43(58)39(33)46(59)50(36,65-66(7,8)49(3,4)5)47(60)41-45(42)64-55-48(41)62-30-32-20-15-12-16-21-32/h9-16,18-21,28,33,36-37,42,58H,1-2,17,22-27,29-30H2,3-8H3/t33-,36-,37-,42-,50?/m0/s1. The molecular weight excluding hydrogens is 868 g/mol. The van der Waals surface area contributed by atoms with Crippen molar-refractivity contribution in [3.05, 3.63) is 137 Å². The van der Waals surface area contributed by atoms with Gasteiger partial charge in [0.2, 0.25) is 11.6 Å². The maximum absolute atomic E-state index is 16.2. The Morgan fingerprint density at radius 2 is 1.58 bits per heavy atom. The van der Waals surface area contributed by atoms with Gasteiger partial charge in [-0.2, -0.15) is 0 Å². The Bertz CT molecular complexity index is 2530. The Morgan fingerprint density at radius 3 is 2.14 bits per heavy atom. The van der Waals surface area contributed by atoms with Crippen molar-refractivity contribution in [2.24, 2.45) is 11.8 Å². The number of nitrogens with zero attached hydrogens (tertiary/aromatic N) is 3. The van der Waals surface area contributed by atoms with Crippen molar-refractivity contribution in [1.82, 2.24) is 15.0 Å². The Kier molecular flexibility index (Phi) is 12.8. The van der Waals surface area contributed by atoms with E-state index in [1.54, 1.807) is 12.2 Å². The van der Waals surface area contributed by atoms with E-state index in [1.807, 2.05) is 111 Å². The molecule has 350 valence electrons. The maximum Gasteiger partial charge on any atom is 0.573 e. The van der Waals surface area contributed by atoms with Gasteiger partial charge in [-0.05, 0) is 85.7 Å². The van der Waals surface area contributed by atoms with Gasteiger partial charge in [-0.1, -0.05) is 93.6 Å². The summed E-state index contributed by atoms with van der Waals surface area (Å²) >= 11 is 0. The molecule has 11 nitrogen and oxygen atoms in total. The number of carbonyl (C=O) groups excluding carboxylic acids is 2. The van der Waals surface area contributed by atoms with Crippen LogP contribution in [-0.2, 0) is 28.9 Å². The van der Waals surface area contributed by atoms with Crippen LogP contribution in [0.1, 0.15) is 96.1 Å². The van der Waals surface area contributed by atoms with Crippen molar-refractivity contribution >= 4 is 25.6 Å². The van der Waals surface area contributed by atoms with E-state index >= 15 is 9.59 Å². The second-order valence-electron chi connectivity index (χ2n) is 19.3. The predicted molar refractivity (Wildman–Crippen MR) is 246 cm³/mol. The third kappa shape index (κ3) is 8.43. The van der Waals surface area contributed by atoms with Crippen LogP contribution in [0.15, 0.2) is 102 Å². The average molecular weight is 926 g/mol. The maximum atomic E-state index is 16.2. The number of alkyl halides is 3. The molecule has 1 saturated carbocycles. The lowest BCUT2D eigenvalue weighted by Crippen LogP contribution is -2.68. The molecule has 1 aliphatic heterocycles. The number of likely N-dealkylation sites (tertiary alicyclic amines) is 1. The van der Waals surface area contributed by atoms with Crippen molar-refractivity contribution in [1.29, 1.82) is 0 Å². The molecule has 1 saturated heterocycles. The van der Waals surface area contributed by atoms with E-state index in [9.17, 15) is 18.3 Å². The summed E-state index contributed by atoms with van der Waals surface area (Å²) < 4.78 is 75.2. The monoisotopic (exact) mass is 925 g/mol. The normalized spacial score (nSPS) is 23.2. The number of benzene rings is 3. The fraction of sp³-hybridized carbons (Fsp3) is 0.431. The van der Waals surface area contributed by atoms with Gasteiger partial charge >= 0.3 is 6.36 Å². The topological polar surface area (TPSA) is 124 Å². The number of Topliss-reactive ketones (excluding diaryl/α,β-unsaturated/α-hetero) is 2. The molecule has 66 heavy (non-hydrogen) atoms. The van der Waals surface area contributed by atoms with Crippen LogP contribution in [0.2, 0.25) is 18.1 Å². The number of carbonyl (C=O) groups is 2. The first-order valence-electron chi connectivity index (χ1n) is 22.5. The highest BCUT2D eigenvalue weighted by Crippen LogP contribution is 2.60. The summed E-state index contributed by atoms with van der Waals surface area (Å²) in [6.45, 7) is 19.1. The Labute approximate surface area is 385 Å². The summed E-state index contributed by atoms with van der Waals surface area (Å²) in [5.41, 5.74) is -0.619. The van der Waals surface area contributed by atoms with Crippen molar-refractivity contribution < 1.29 is 51.0 Å². The van der Waals surface area contributed by atoms with Gasteiger partial charge in [0.1, 0.15) is 36.0 Å². The number of aliphatic hydroxyl groups excluding tert-OH is 1. The van der Waals surface area contributed by atoms with Crippen molar-refractivity contribution in [2.75, 3.05) is 26.7 Å². The van der Waals surface area contributed by atoms with Crippen LogP contribution in [0.5, 0.6) is 17.4 Å². The highest BCUT2D eigenvalue weighted by Gasteiger charge is 2.69. The highest BCUT2D eigenvalue weighted by molar-refractivity contribution is 6.74. The fourth-order valence-corrected chi connectivity index (χ4v) is 11.6. The third-order valence-corrected chi connectivity index (χ3v) is 18.6. The van der Waals surface area contributed by atoms with Crippen LogP contribution in [0, 0.1) is 11.8 Å². The Morgan fingerprint density at radius 1 is 0.955 bits per heavy atom. The number of aromatic nitrogens is 1. The summed E-state index contributed by atoms with van der Waals surface area (Å²) in [7, 11) is -1.28. The van der Waals surface area contributed by atoms with Gasteiger partial charge in [-0.25, -0.2) is 0 Å². The SMILES string of the molecule is C=CCN(CC=C)[C@@H]1c2onc(OCc3ccccc3)c2C(=O)C2(O[Si](C)(C)C(C)(C)C)C(=O)C3=C(O)c4c(OCc5ccccc5)cc([C@@H]5CCCN5C)c(OC(F)(F)F)c4C[C@H]3C[C@@H]12. The zero-order valence-electron chi connectivity index (χ0n) is 38.4. The van der Waals surface area contributed by atoms with Gasteiger partial charge in [0, 0.05) is 41.7 Å². The van der Waals surface area contributed by atoms with Gasteiger partial charge in [0.15, 0.2) is 19.7 Å². The molecule has 2 fully saturated rings. The van der Waals surface area contributed by atoms with Gasteiger partial charge in [0.25, 0.3) is 5.88 Å². The molecule has 3 aliphatic carbocycles. The van der Waals surface area contributed by atoms with Crippen LogP contribution in [0.3, 0.4) is 0 Å². The molecule has 1 N–H and O–H groups in total. The minimum atomic E-state index is -5.10. The number of halogens is 3. The van der Waals surface area contributed by atoms with Crippen LogP contribution in [0.25, 0.3) is 5.76 Å². The minimum absolute atomic E-state index is 0.0117. The molecule has 0 radical (unpaired) electrons. The van der Waals surface area contributed by atoms with E-state index in [0.717, 1.165) is 17.5 Å². The zero-order valence-corrected chi connectivity index (χ0v) is 39.4. The third-order valence-electron chi connectivity index (χ3n) is 14.2. The number of rotatable bonds is 15. The molecule has 2 heterocycles. The molecule has 4 aromatic rings. The summed E-state index contributed by atoms with van der Waals surface area (Å²) in [6, 6.07) is 18.7. The fourth-order valence-electron chi connectivity index (χ4n) is 10.1. The predicted octanol–water partition coefficient (Wildman–Crippen LogP) is 10.9. The van der Waals surface area contributed by atoms with E-state index < -0.39 is 72.3 Å². The number of aliphatic hydroxyl groups is 1. The molecule has 8 rings (SSSR count). The highest BCUT2D eigenvalue weighted by atomic mass is 28.4. The molecule has 0 amide bonds. The molecule has 3 aromatic carbocycles. The number of ether oxygens (including phenoxy) is 3. The quantitative estimate of drug-likeness (QED) is 0.0696. The van der Waals surface area contributed by atoms with E-state index in [2.05, 4.69) is 18.3 Å². The summed E-state index contributed by atoms with van der Waals surface area (Å²) in [5.74, 6) is -4.28. The van der Waals surface area contributed by atoms with Crippen LogP contribution in [0.4, 0.5) is 13.2 Å². The molecule has 1 aromatic heterocycles. The Balaban J connectivity index is 1.38.